The molecule has 0 aliphatic heterocycles. The fourth-order valence-electron chi connectivity index (χ4n) is 2.39. The highest BCUT2D eigenvalue weighted by Crippen LogP contribution is 2.10. The van der Waals surface area contributed by atoms with Gasteiger partial charge >= 0.3 is 6.09 Å². The molecule has 0 saturated heterocycles. The largest absolute Gasteiger partial charge is 0.444 e. The van der Waals surface area contributed by atoms with Crippen molar-refractivity contribution in [1.82, 2.24) is 14.8 Å². The Morgan fingerprint density at radius 1 is 1.26 bits per heavy atom. The number of nitrogens with one attached hydrogen (secondary N) is 1. The minimum Gasteiger partial charge on any atom is -0.444 e. The number of aryl methyl sites for hydroxylation is 1. The lowest BCUT2D eigenvalue weighted by Gasteiger charge is -2.27. The van der Waals surface area contributed by atoms with Crippen LogP contribution in [0.4, 0.5) is 4.79 Å². The molecule has 1 rings (SSSR count). The van der Waals surface area contributed by atoms with Crippen LogP contribution in [0.2, 0.25) is 0 Å². The Kier molecular flexibility index (Phi) is 8.17. The number of ether oxygens (including phenoxy) is 1. The second-order valence-corrected chi connectivity index (χ2v) is 6.84. The van der Waals surface area contributed by atoms with Crippen LogP contribution in [0.25, 0.3) is 0 Å². The van der Waals surface area contributed by atoms with Crippen LogP contribution in [-0.4, -0.2) is 40.8 Å². The van der Waals surface area contributed by atoms with Crippen molar-refractivity contribution in [1.29, 1.82) is 0 Å². The molecule has 0 aliphatic carbocycles. The SMILES string of the molecule is CCCN(CCNCc1cccn1CCC)C(=O)OC(C)(C)C. The third-order valence-corrected chi connectivity index (χ3v) is 3.40. The number of amides is 1. The highest BCUT2D eigenvalue weighted by Gasteiger charge is 2.21. The molecule has 0 radical (unpaired) electrons. The van der Waals surface area contributed by atoms with E-state index >= 15 is 0 Å². The summed E-state index contributed by atoms with van der Waals surface area (Å²) in [6.07, 6.45) is 3.95. The number of hydrogen-bond donors (Lipinski definition) is 1. The van der Waals surface area contributed by atoms with E-state index in [4.69, 9.17) is 4.74 Å². The van der Waals surface area contributed by atoms with Crippen LogP contribution < -0.4 is 5.32 Å². The average molecular weight is 323 g/mol. The van der Waals surface area contributed by atoms with Crippen molar-refractivity contribution < 1.29 is 9.53 Å². The fourth-order valence-corrected chi connectivity index (χ4v) is 2.39. The predicted molar refractivity (Wildman–Crippen MR) is 94.5 cm³/mol. The fraction of sp³-hybridized carbons (Fsp3) is 0.722. The van der Waals surface area contributed by atoms with Crippen molar-refractivity contribution in [2.75, 3.05) is 19.6 Å². The first kappa shape index (κ1) is 19.6. The maximum atomic E-state index is 12.2. The molecule has 132 valence electrons. The van der Waals surface area contributed by atoms with Gasteiger partial charge in [0.2, 0.25) is 0 Å². The summed E-state index contributed by atoms with van der Waals surface area (Å²) >= 11 is 0. The molecule has 0 aromatic carbocycles. The highest BCUT2D eigenvalue weighted by atomic mass is 16.6. The van der Waals surface area contributed by atoms with Gasteiger partial charge in [-0.1, -0.05) is 13.8 Å². The minimum absolute atomic E-state index is 0.226. The van der Waals surface area contributed by atoms with Crippen LogP contribution in [0.3, 0.4) is 0 Å². The van der Waals surface area contributed by atoms with Gasteiger partial charge in [-0.05, 0) is 45.7 Å². The second kappa shape index (κ2) is 9.60. The molecule has 1 heterocycles. The third kappa shape index (κ3) is 7.55. The van der Waals surface area contributed by atoms with E-state index in [-0.39, 0.29) is 6.09 Å². The molecule has 0 atom stereocenters. The molecule has 1 amide bonds. The number of hydrogen-bond acceptors (Lipinski definition) is 3. The molecule has 1 N–H and O–H groups in total. The summed E-state index contributed by atoms with van der Waals surface area (Å²) in [7, 11) is 0. The summed E-state index contributed by atoms with van der Waals surface area (Å²) in [5, 5.41) is 3.42. The Labute approximate surface area is 141 Å². The van der Waals surface area contributed by atoms with E-state index in [1.54, 1.807) is 4.90 Å². The third-order valence-electron chi connectivity index (χ3n) is 3.40. The normalized spacial score (nSPS) is 11.5. The van der Waals surface area contributed by atoms with E-state index in [0.29, 0.717) is 6.54 Å². The van der Waals surface area contributed by atoms with Crippen molar-refractivity contribution in [2.45, 2.75) is 66.2 Å². The lowest BCUT2D eigenvalue weighted by molar-refractivity contribution is 0.0252. The van der Waals surface area contributed by atoms with Crippen LogP contribution in [0.5, 0.6) is 0 Å². The summed E-state index contributed by atoms with van der Waals surface area (Å²) in [5.74, 6) is 0. The summed E-state index contributed by atoms with van der Waals surface area (Å²) in [6, 6.07) is 4.22. The topological polar surface area (TPSA) is 46.5 Å². The molecule has 1 aromatic heterocycles. The van der Waals surface area contributed by atoms with Gasteiger partial charge in [-0.25, -0.2) is 4.79 Å². The number of aromatic nitrogens is 1. The van der Waals surface area contributed by atoms with Crippen molar-refractivity contribution in [3.05, 3.63) is 24.0 Å². The summed E-state index contributed by atoms with van der Waals surface area (Å²) in [6.45, 7) is 14.0. The first-order valence-corrected chi connectivity index (χ1v) is 8.70. The van der Waals surface area contributed by atoms with Gasteiger partial charge in [0.05, 0.1) is 0 Å². The molecule has 0 fully saturated rings. The van der Waals surface area contributed by atoms with E-state index in [9.17, 15) is 4.79 Å². The van der Waals surface area contributed by atoms with E-state index in [1.807, 2.05) is 20.8 Å². The van der Waals surface area contributed by atoms with Crippen LogP contribution >= 0.6 is 0 Å². The van der Waals surface area contributed by atoms with Gasteiger partial charge in [-0.3, -0.25) is 0 Å². The number of nitrogens with zero attached hydrogens (tertiary/aromatic N) is 2. The molecular formula is C18H33N3O2. The van der Waals surface area contributed by atoms with Crippen LogP contribution in [0.1, 0.15) is 53.2 Å². The molecule has 0 spiro atoms. The summed E-state index contributed by atoms with van der Waals surface area (Å²) < 4.78 is 7.73. The highest BCUT2D eigenvalue weighted by molar-refractivity contribution is 5.68. The number of rotatable bonds is 9. The smallest absolute Gasteiger partial charge is 0.410 e. The van der Waals surface area contributed by atoms with Gasteiger partial charge in [0, 0.05) is 44.6 Å². The Morgan fingerprint density at radius 3 is 2.61 bits per heavy atom. The lowest BCUT2D eigenvalue weighted by Crippen LogP contribution is -2.40. The van der Waals surface area contributed by atoms with E-state index in [0.717, 1.165) is 39.0 Å². The zero-order valence-corrected chi connectivity index (χ0v) is 15.4. The van der Waals surface area contributed by atoms with Crippen molar-refractivity contribution in [2.24, 2.45) is 0 Å². The summed E-state index contributed by atoms with van der Waals surface area (Å²) in [4.78, 5) is 14.0. The van der Waals surface area contributed by atoms with Gasteiger partial charge in [0.25, 0.3) is 0 Å². The maximum Gasteiger partial charge on any atom is 0.410 e. The Bertz CT molecular complexity index is 463. The maximum absolute atomic E-state index is 12.2. The molecule has 5 heteroatoms. The molecule has 0 aliphatic rings. The molecule has 0 bridgehead atoms. The van der Waals surface area contributed by atoms with Gasteiger partial charge in [0.1, 0.15) is 5.60 Å². The van der Waals surface area contributed by atoms with Gasteiger partial charge < -0.3 is 19.5 Å². The molecule has 0 unspecified atom stereocenters. The average Bonchev–Trinajstić information content (AvgIpc) is 2.88. The Hall–Kier alpha value is -1.49. The molecule has 23 heavy (non-hydrogen) atoms. The predicted octanol–water partition coefficient (Wildman–Crippen LogP) is 3.63. The van der Waals surface area contributed by atoms with Gasteiger partial charge in [0.15, 0.2) is 0 Å². The Morgan fingerprint density at radius 2 is 2.00 bits per heavy atom. The standard InChI is InChI=1S/C18H33N3O2/c1-6-11-20-13-8-9-16(20)15-19-10-14-21(12-7-2)17(22)23-18(3,4)5/h8-9,13,19H,6-7,10-12,14-15H2,1-5H3. The lowest BCUT2D eigenvalue weighted by atomic mass is 10.2. The molecule has 1 aromatic rings. The first-order valence-electron chi connectivity index (χ1n) is 8.70. The second-order valence-electron chi connectivity index (χ2n) is 6.84. The summed E-state index contributed by atoms with van der Waals surface area (Å²) in [5.41, 5.74) is 0.837. The zero-order chi connectivity index (χ0) is 17.3. The number of carbonyl (C=O) groups is 1. The van der Waals surface area contributed by atoms with E-state index < -0.39 is 5.60 Å². The molecule has 0 saturated carbocycles. The van der Waals surface area contributed by atoms with Crippen LogP contribution in [0.15, 0.2) is 18.3 Å². The first-order chi connectivity index (χ1) is 10.9. The molecular weight excluding hydrogens is 290 g/mol. The monoisotopic (exact) mass is 323 g/mol. The van der Waals surface area contributed by atoms with Crippen molar-refractivity contribution in [3.8, 4) is 0 Å². The van der Waals surface area contributed by atoms with Crippen LogP contribution in [0, 0.1) is 0 Å². The minimum atomic E-state index is -0.447. The van der Waals surface area contributed by atoms with Crippen molar-refractivity contribution >= 4 is 6.09 Å². The van der Waals surface area contributed by atoms with E-state index in [2.05, 4.69) is 42.1 Å². The van der Waals surface area contributed by atoms with Crippen molar-refractivity contribution in [3.63, 3.8) is 0 Å². The molecule has 5 nitrogen and oxygen atoms in total. The quantitative estimate of drug-likeness (QED) is 0.706. The van der Waals surface area contributed by atoms with Gasteiger partial charge in [-0.15, -0.1) is 0 Å². The van der Waals surface area contributed by atoms with Crippen LogP contribution in [-0.2, 0) is 17.8 Å². The Balaban J connectivity index is 2.40. The van der Waals surface area contributed by atoms with Gasteiger partial charge in [-0.2, -0.15) is 0 Å². The zero-order valence-electron chi connectivity index (χ0n) is 15.4. The number of carbonyl (C=O) groups excluding carboxylic acids is 1. The van der Waals surface area contributed by atoms with E-state index in [1.165, 1.54) is 5.69 Å².